The van der Waals surface area contributed by atoms with Gasteiger partial charge in [0.2, 0.25) is 5.91 Å². The van der Waals surface area contributed by atoms with Crippen LogP contribution in [-0.4, -0.2) is 16.3 Å². The molecule has 4 atom stereocenters. The second-order valence-electron chi connectivity index (χ2n) is 6.06. The molecule has 2 fully saturated rings. The maximum atomic E-state index is 12.2. The van der Waals surface area contributed by atoms with Crippen molar-refractivity contribution in [3.05, 3.63) is 0 Å². The standard InChI is InChI=1S/C13H21Cl2NO/c1-8-5-4-6-10(9(8)2)16-11(17)12(3)7-13(12,14)15/h8-10H,4-7H2,1-3H3,(H,16,17)/t8-,9-,10+,12-/m1/s1. The number of carbonyl (C=O) groups is 1. The molecule has 0 aliphatic heterocycles. The molecule has 2 rings (SSSR count). The van der Waals surface area contributed by atoms with E-state index in [1.807, 2.05) is 6.92 Å². The Bertz CT molecular complexity index is 331. The minimum absolute atomic E-state index is 0.0217. The van der Waals surface area contributed by atoms with Crippen LogP contribution < -0.4 is 5.32 Å². The van der Waals surface area contributed by atoms with Crippen LogP contribution in [0, 0.1) is 17.3 Å². The van der Waals surface area contributed by atoms with Crippen LogP contribution in [0.1, 0.15) is 46.5 Å². The maximum Gasteiger partial charge on any atom is 0.229 e. The average Bonchev–Trinajstić information content (AvgIpc) is 2.75. The van der Waals surface area contributed by atoms with Crippen molar-refractivity contribution in [1.82, 2.24) is 5.32 Å². The predicted molar refractivity (Wildman–Crippen MR) is 71.3 cm³/mol. The SMILES string of the molecule is C[C@@H]1[C@H](C)CCC[C@@H]1NC(=O)[C@@]1(C)CC1(Cl)Cl. The number of amides is 1. The molecule has 2 saturated carbocycles. The number of rotatable bonds is 2. The van der Waals surface area contributed by atoms with Crippen molar-refractivity contribution in [2.75, 3.05) is 0 Å². The van der Waals surface area contributed by atoms with Gasteiger partial charge < -0.3 is 5.32 Å². The second-order valence-corrected chi connectivity index (χ2v) is 7.54. The van der Waals surface area contributed by atoms with Gasteiger partial charge in [-0.25, -0.2) is 0 Å². The Balaban J connectivity index is 1.95. The monoisotopic (exact) mass is 277 g/mol. The van der Waals surface area contributed by atoms with Gasteiger partial charge in [-0.3, -0.25) is 4.79 Å². The first kappa shape index (κ1) is 13.5. The number of halogens is 2. The topological polar surface area (TPSA) is 29.1 Å². The molecule has 98 valence electrons. The molecule has 0 radical (unpaired) electrons. The van der Waals surface area contributed by atoms with Gasteiger partial charge in [0.15, 0.2) is 0 Å². The van der Waals surface area contributed by atoms with Crippen LogP contribution in [0.5, 0.6) is 0 Å². The summed E-state index contributed by atoms with van der Waals surface area (Å²) in [6.45, 7) is 6.33. The van der Waals surface area contributed by atoms with Gasteiger partial charge in [0, 0.05) is 6.04 Å². The molecule has 0 aromatic rings. The van der Waals surface area contributed by atoms with E-state index in [4.69, 9.17) is 23.2 Å². The fourth-order valence-corrected chi connectivity index (χ4v) is 3.47. The van der Waals surface area contributed by atoms with Gasteiger partial charge in [-0.1, -0.05) is 26.7 Å². The summed E-state index contributed by atoms with van der Waals surface area (Å²) in [6.07, 6.45) is 4.09. The van der Waals surface area contributed by atoms with E-state index in [2.05, 4.69) is 19.2 Å². The Morgan fingerprint density at radius 3 is 2.41 bits per heavy atom. The first-order valence-electron chi connectivity index (χ1n) is 6.47. The number of hydrogen-bond acceptors (Lipinski definition) is 1. The smallest absolute Gasteiger partial charge is 0.229 e. The van der Waals surface area contributed by atoms with E-state index < -0.39 is 9.75 Å². The van der Waals surface area contributed by atoms with Crippen LogP contribution in [0.15, 0.2) is 0 Å². The number of carbonyl (C=O) groups excluding carboxylic acids is 1. The van der Waals surface area contributed by atoms with E-state index in [1.165, 1.54) is 12.8 Å². The van der Waals surface area contributed by atoms with Crippen molar-refractivity contribution < 1.29 is 4.79 Å². The molecule has 2 nitrogen and oxygen atoms in total. The molecule has 2 aliphatic carbocycles. The zero-order chi connectivity index (χ0) is 12.8. The van der Waals surface area contributed by atoms with E-state index in [0.29, 0.717) is 18.3 Å². The van der Waals surface area contributed by atoms with Gasteiger partial charge >= 0.3 is 0 Å². The minimum Gasteiger partial charge on any atom is -0.353 e. The van der Waals surface area contributed by atoms with Crippen molar-refractivity contribution in [2.45, 2.75) is 56.8 Å². The summed E-state index contributed by atoms with van der Waals surface area (Å²) in [5.41, 5.74) is -0.587. The van der Waals surface area contributed by atoms with Crippen molar-refractivity contribution in [3.8, 4) is 0 Å². The molecule has 0 saturated heterocycles. The Morgan fingerprint density at radius 1 is 1.29 bits per heavy atom. The summed E-state index contributed by atoms with van der Waals surface area (Å²) in [5, 5.41) is 3.15. The van der Waals surface area contributed by atoms with Crippen LogP contribution in [0.4, 0.5) is 0 Å². The quantitative estimate of drug-likeness (QED) is 0.769. The van der Waals surface area contributed by atoms with Crippen molar-refractivity contribution in [2.24, 2.45) is 17.3 Å². The van der Waals surface area contributed by atoms with Gasteiger partial charge in [0.1, 0.15) is 4.33 Å². The normalized spacial score (nSPS) is 44.2. The molecular weight excluding hydrogens is 257 g/mol. The van der Waals surface area contributed by atoms with Crippen LogP contribution in [-0.2, 0) is 4.79 Å². The Hall–Kier alpha value is 0.0500. The summed E-state index contributed by atoms with van der Waals surface area (Å²) in [7, 11) is 0. The molecule has 2 aliphatic rings. The number of hydrogen-bond donors (Lipinski definition) is 1. The number of alkyl halides is 2. The highest BCUT2D eigenvalue weighted by Crippen LogP contribution is 2.63. The summed E-state index contributed by atoms with van der Waals surface area (Å²) < 4.78 is -0.861. The fourth-order valence-electron chi connectivity index (χ4n) is 2.76. The van der Waals surface area contributed by atoms with E-state index in [1.54, 1.807) is 0 Å². The van der Waals surface area contributed by atoms with E-state index >= 15 is 0 Å². The Morgan fingerprint density at radius 2 is 1.88 bits per heavy atom. The third-order valence-corrected chi connectivity index (χ3v) is 5.88. The lowest BCUT2D eigenvalue weighted by atomic mass is 9.78. The summed E-state index contributed by atoms with van der Waals surface area (Å²) >= 11 is 12.1. The van der Waals surface area contributed by atoms with Crippen LogP contribution in [0.3, 0.4) is 0 Å². The minimum atomic E-state index is -0.861. The molecule has 1 N–H and O–H groups in total. The van der Waals surface area contributed by atoms with Crippen molar-refractivity contribution in [3.63, 3.8) is 0 Å². The largest absolute Gasteiger partial charge is 0.353 e. The predicted octanol–water partition coefficient (Wildman–Crippen LogP) is 3.51. The van der Waals surface area contributed by atoms with Gasteiger partial charge in [0.25, 0.3) is 0 Å². The molecule has 17 heavy (non-hydrogen) atoms. The first-order chi connectivity index (χ1) is 7.78. The molecular formula is C13H21Cl2NO. The van der Waals surface area contributed by atoms with Gasteiger partial charge in [-0.05, 0) is 31.6 Å². The third-order valence-electron chi connectivity index (χ3n) is 4.78. The molecule has 4 heteroatoms. The second kappa shape index (κ2) is 4.31. The highest BCUT2D eigenvalue weighted by Gasteiger charge is 2.68. The molecule has 0 spiro atoms. The van der Waals surface area contributed by atoms with E-state index in [-0.39, 0.29) is 11.9 Å². The van der Waals surface area contributed by atoms with Crippen molar-refractivity contribution in [1.29, 1.82) is 0 Å². The fraction of sp³-hybridized carbons (Fsp3) is 0.923. The third kappa shape index (κ3) is 2.31. The van der Waals surface area contributed by atoms with Crippen molar-refractivity contribution >= 4 is 29.1 Å². The first-order valence-corrected chi connectivity index (χ1v) is 7.22. The van der Waals surface area contributed by atoms with E-state index in [9.17, 15) is 4.79 Å². The molecule has 0 bridgehead atoms. The molecule has 0 heterocycles. The molecule has 0 unspecified atom stereocenters. The van der Waals surface area contributed by atoms with Gasteiger partial charge in [-0.15, -0.1) is 23.2 Å². The highest BCUT2D eigenvalue weighted by molar-refractivity contribution is 6.53. The molecule has 1 amide bonds. The molecule has 0 aromatic carbocycles. The Kier molecular flexibility index (Phi) is 3.42. The summed E-state index contributed by atoms with van der Waals surface area (Å²) in [5.74, 6) is 1.24. The lowest BCUT2D eigenvalue weighted by Crippen LogP contribution is -2.46. The van der Waals surface area contributed by atoms with Gasteiger partial charge in [-0.2, -0.15) is 0 Å². The summed E-state index contributed by atoms with van der Waals surface area (Å²) in [4.78, 5) is 12.2. The lowest BCUT2D eigenvalue weighted by molar-refractivity contribution is -0.127. The molecule has 0 aromatic heterocycles. The summed E-state index contributed by atoms with van der Waals surface area (Å²) in [6, 6.07) is 0.285. The van der Waals surface area contributed by atoms with Gasteiger partial charge in [0.05, 0.1) is 5.41 Å². The zero-order valence-corrected chi connectivity index (χ0v) is 12.2. The highest BCUT2D eigenvalue weighted by atomic mass is 35.5. The number of nitrogens with one attached hydrogen (secondary N) is 1. The van der Waals surface area contributed by atoms with Crippen LogP contribution in [0.25, 0.3) is 0 Å². The van der Waals surface area contributed by atoms with E-state index in [0.717, 1.165) is 6.42 Å². The average molecular weight is 278 g/mol. The lowest BCUT2D eigenvalue weighted by Gasteiger charge is -2.35. The Labute approximate surface area is 113 Å². The van der Waals surface area contributed by atoms with Crippen LogP contribution in [0.2, 0.25) is 0 Å². The zero-order valence-electron chi connectivity index (χ0n) is 10.7. The van der Waals surface area contributed by atoms with Crippen LogP contribution >= 0.6 is 23.2 Å². The maximum absolute atomic E-state index is 12.2.